The van der Waals surface area contributed by atoms with Gasteiger partial charge in [-0.15, -0.1) is 0 Å². The average Bonchev–Trinajstić information content (AvgIpc) is 2.66. The summed E-state index contributed by atoms with van der Waals surface area (Å²) in [6.45, 7) is 0.676. The van der Waals surface area contributed by atoms with Gasteiger partial charge in [0.1, 0.15) is 10.9 Å². The van der Waals surface area contributed by atoms with E-state index in [-0.39, 0.29) is 0 Å². The molecule has 0 atom stereocenters. The minimum Gasteiger partial charge on any atom is -0.497 e. The van der Waals surface area contributed by atoms with Gasteiger partial charge in [-0.2, -0.15) is 5.10 Å². The Kier molecular flexibility index (Phi) is 2.92. The van der Waals surface area contributed by atoms with Gasteiger partial charge in [0, 0.05) is 0 Å². The molecule has 0 aliphatic carbocycles. The summed E-state index contributed by atoms with van der Waals surface area (Å²) in [5.41, 5.74) is 1.14. The number of ether oxygens (including phenoxy) is 1. The summed E-state index contributed by atoms with van der Waals surface area (Å²) in [5.74, 6) is 0.852. The largest absolute Gasteiger partial charge is 0.497 e. The second kappa shape index (κ2) is 4.36. The lowest BCUT2D eigenvalue weighted by atomic mass is 10.2. The Morgan fingerprint density at radius 1 is 1.27 bits per heavy atom. The number of aromatic nitrogens is 2. The lowest BCUT2D eigenvalue weighted by molar-refractivity contribution is 0.414. The second-order valence-corrected chi connectivity index (χ2v) is 3.55. The van der Waals surface area contributed by atoms with E-state index in [1.807, 2.05) is 24.3 Å². The van der Waals surface area contributed by atoms with Crippen LogP contribution in [0.5, 0.6) is 5.75 Å². The standard InChI is InChI=1S/C11H11ClN2O/c1-15-10-4-2-9(3-5-10)8-14-11(12)6-7-13-14/h2-7H,8H2,1H3. The summed E-state index contributed by atoms with van der Waals surface area (Å²) in [6.07, 6.45) is 1.69. The molecule has 0 aliphatic rings. The molecule has 0 fully saturated rings. The van der Waals surface area contributed by atoms with Crippen LogP contribution in [-0.4, -0.2) is 16.9 Å². The molecule has 0 unspecified atom stereocenters. The minimum absolute atomic E-state index is 0.644. The maximum atomic E-state index is 5.92. The second-order valence-electron chi connectivity index (χ2n) is 3.16. The van der Waals surface area contributed by atoms with Crippen LogP contribution in [0.3, 0.4) is 0 Å². The van der Waals surface area contributed by atoms with Crippen LogP contribution >= 0.6 is 11.6 Å². The Labute approximate surface area is 93.2 Å². The van der Waals surface area contributed by atoms with Gasteiger partial charge in [0.25, 0.3) is 0 Å². The van der Waals surface area contributed by atoms with Crippen molar-refractivity contribution in [2.45, 2.75) is 6.54 Å². The fourth-order valence-electron chi connectivity index (χ4n) is 1.34. The molecule has 0 amide bonds. The van der Waals surface area contributed by atoms with Crippen molar-refractivity contribution in [3.05, 3.63) is 47.2 Å². The third-order valence-corrected chi connectivity index (χ3v) is 2.48. The number of halogens is 1. The van der Waals surface area contributed by atoms with E-state index in [2.05, 4.69) is 5.10 Å². The van der Waals surface area contributed by atoms with Crippen LogP contribution in [0, 0.1) is 0 Å². The molecule has 0 radical (unpaired) electrons. The molecule has 78 valence electrons. The van der Waals surface area contributed by atoms with E-state index in [1.165, 1.54) is 0 Å². The zero-order chi connectivity index (χ0) is 10.7. The predicted molar refractivity (Wildman–Crippen MR) is 59.3 cm³/mol. The molecule has 15 heavy (non-hydrogen) atoms. The van der Waals surface area contributed by atoms with Crippen LogP contribution < -0.4 is 4.74 Å². The molecule has 0 saturated carbocycles. The van der Waals surface area contributed by atoms with Gasteiger partial charge >= 0.3 is 0 Å². The van der Waals surface area contributed by atoms with Crippen molar-refractivity contribution >= 4 is 11.6 Å². The Balaban J connectivity index is 2.14. The van der Waals surface area contributed by atoms with Crippen LogP contribution in [0.25, 0.3) is 0 Å². The summed E-state index contributed by atoms with van der Waals surface area (Å²) >= 11 is 5.92. The third-order valence-electron chi connectivity index (χ3n) is 2.16. The van der Waals surface area contributed by atoms with E-state index in [4.69, 9.17) is 16.3 Å². The molecule has 0 saturated heterocycles. The molecule has 2 rings (SSSR count). The van der Waals surface area contributed by atoms with Crippen LogP contribution in [-0.2, 0) is 6.54 Å². The molecule has 0 aliphatic heterocycles. The number of methoxy groups -OCH3 is 1. The van der Waals surface area contributed by atoms with E-state index in [9.17, 15) is 0 Å². The number of rotatable bonds is 3. The zero-order valence-corrected chi connectivity index (χ0v) is 9.11. The number of nitrogens with zero attached hydrogens (tertiary/aromatic N) is 2. The summed E-state index contributed by atoms with van der Waals surface area (Å²) in [7, 11) is 1.65. The van der Waals surface area contributed by atoms with Crippen LogP contribution in [0.1, 0.15) is 5.56 Å². The first-order valence-corrected chi connectivity index (χ1v) is 4.97. The van der Waals surface area contributed by atoms with Gasteiger partial charge in [-0.1, -0.05) is 23.7 Å². The minimum atomic E-state index is 0.644. The molecule has 4 heteroatoms. The highest BCUT2D eigenvalue weighted by Crippen LogP contribution is 2.14. The van der Waals surface area contributed by atoms with Crippen LogP contribution in [0.15, 0.2) is 36.5 Å². The molecule has 1 aromatic carbocycles. The van der Waals surface area contributed by atoms with Crippen LogP contribution in [0.2, 0.25) is 5.15 Å². The van der Waals surface area contributed by atoms with E-state index < -0.39 is 0 Å². The average molecular weight is 223 g/mol. The lowest BCUT2D eigenvalue weighted by Crippen LogP contribution is -2.01. The van der Waals surface area contributed by atoms with Crippen LogP contribution in [0.4, 0.5) is 0 Å². The van der Waals surface area contributed by atoms with Gasteiger partial charge < -0.3 is 4.74 Å². The Morgan fingerprint density at radius 2 is 2.00 bits per heavy atom. The molecule has 1 heterocycles. The fourth-order valence-corrected chi connectivity index (χ4v) is 1.50. The lowest BCUT2D eigenvalue weighted by Gasteiger charge is -2.04. The van der Waals surface area contributed by atoms with Gasteiger partial charge in [-0.3, -0.25) is 0 Å². The SMILES string of the molecule is COc1ccc(Cn2nccc2Cl)cc1. The highest BCUT2D eigenvalue weighted by molar-refractivity contribution is 6.29. The molecule has 2 aromatic rings. The van der Waals surface area contributed by atoms with Gasteiger partial charge in [-0.05, 0) is 23.8 Å². The summed E-state index contributed by atoms with van der Waals surface area (Å²) in [5, 5.41) is 4.75. The first kappa shape index (κ1) is 10.1. The monoisotopic (exact) mass is 222 g/mol. The summed E-state index contributed by atoms with van der Waals surface area (Å²) in [6, 6.07) is 9.61. The Bertz CT molecular complexity index is 436. The smallest absolute Gasteiger partial charge is 0.127 e. The normalized spacial score (nSPS) is 10.3. The van der Waals surface area contributed by atoms with Gasteiger partial charge in [0.2, 0.25) is 0 Å². The molecule has 0 spiro atoms. The van der Waals surface area contributed by atoms with Crippen molar-refractivity contribution < 1.29 is 4.74 Å². The van der Waals surface area contributed by atoms with Crippen molar-refractivity contribution in [2.24, 2.45) is 0 Å². The molecule has 1 aromatic heterocycles. The fraction of sp³-hybridized carbons (Fsp3) is 0.182. The van der Waals surface area contributed by atoms with Crippen molar-refractivity contribution in [2.75, 3.05) is 7.11 Å². The Hall–Kier alpha value is -1.48. The maximum absolute atomic E-state index is 5.92. The number of hydrogen-bond acceptors (Lipinski definition) is 2. The summed E-state index contributed by atoms with van der Waals surface area (Å²) in [4.78, 5) is 0. The topological polar surface area (TPSA) is 27.1 Å². The van der Waals surface area contributed by atoms with E-state index in [0.717, 1.165) is 11.3 Å². The highest BCUT2D eigenvalue weighted by atomic mass is 35.5. The van der Waals surface area contributed by atoms with E-state index >= 15 is 0 Å². The van der Waals surface area contributed by atoms with Crippen molar-refractivity contribution in [1.29, 1.82) is 0 Å². The molecule has 0 N–H and O–H groups in total. The van der Waals surface area contributed by atoms with Gasteiger partial charge in [0.15, 0.2) is 0 Å². The molecule has 3 nitrogen and oxygen atoms in total. The molecular weight excluding hydrogens is 212 g/mol. The zero-order valence-electron chi connectivity index (χ0n) is 8.35. The molecule has 0 bridgehead atoms. The predicted octanol–water partition coefficient (Wildman–Crippen LogP) is 2.59. The van der Waals surface area contributed by atoms with Gasteiger partial charge in [0.05, 0.1) is 19.9 Å². The van der Waals surface area contributed by atoms with Crippen molar-refractivity contribution in [1.82, 2.24) is 9.78 Å². The quantitative estimate of drug-likeness (QED) is 0.798. The third kappa shape index (κ3) is 2.30. The first-order valence-electron chi connectivity index (χ1n) is 4.60. The molecular formula is C11H11ClN2O. The van der Waals surface area contributed by atoms with E-state index in [0.29, 0.717) is 11.7 Å². The van der Waals surface area contributed by atoms with E-state index in [1.54, 1.807) is 24.1 Å². The number of hydrogen-bond donors (Lipinski definition) is 0. The van der Waals surface area contributed by atoms with Crippen molar-refractivity contribution in [3.8, 4) is 5.75 Å². The highest BCUT2D eigenvalue weighted by Gasteiger charge is 2.00. The maximum Gasteiger partial charge on any atom is 0.127 e. The van der Waals surface area contributed by atoms with Crippen molar-refractivity contribution in [3.63, 3.8) is 0 Å². The van der Waals surface area contributed by atoms with Gasteiger partial charge in [-0.25, -0.2) is 4.68 Å². The summed E-state index contributed by atoms with van der Waals surface area (Å²) < 4.78 is 6.82. The number of benzene rings is 1. The first-order chi connectivity index (χ1) is 7.29. The Morgan fingerprint density at radius 3 is 2.53 bits per heavy atom.